The van der Waals surface area contributed by atoms with Gasteiger partial charge in [0.05, 0.1) is 0 Å². The molecular formula is C14H21ClN2. The van der Waals surface area contributed by atoms with E-state index in [2.05, 4.69) is 30.9 Å². The summed E-state index contributed by atoms with van der Waals surface area (Å²) in [4.78, 5) is 2.51. The smallest absolute Gasteiger partial charge is 0.0406 e. The molecule has 0 saturated carbocycles. The van der Waals surface area contributed by atoms with Crippen molar-refractivity contribution in [1.82, 2.24) is 4.90 Å². The maximum atomic E-state index is 6.10. The summed E-state index contributed by atoms with van der Waals surface area (Å²) >= 11 is 5.90. The molecule has 1 fully saturated rings. The van der Waals surface area contributed by atoms with E-state index in [-0.39, 0.29) is 0 Å². The number of likely N-dealkylation sites (tertiary alicyclic amines) is 1. The highest BCUT2D eigenvalue weighted by Crippen LogP contribution is 2.23. The molecule has 17 heavy (non-hydrogen) atoms. The summed E-state index contributed by atoms with van der Waals surface area (Å²) < 4.78 is 0. The Bertz CT molecular complexity index is 363. The number of piperidine rings is 1. The van der Waals surface area contributed by atoms with Gasteiger partial charge in [0.2, 0.25) is 0 Å². The van der Waals surface area contributed by atoms with E-state index in [4.69, 9.17) is 17.3 Å². The molecule has 0 spiro atoms. The molecule has 0 unspecified atom stereocenters. The third kappa shape index (κ3) is 3.21. The van der Waals surface area contributed by atoms with Crippen LogP contribution >= 0.6 is 11.6 Å². The number of nitrogens with zero attached hydrogens (tertiary/aromatic N) is 1. The predicted octanol–water partition coefficient (Wildman–Crippen LogP) is 2.90. The Kier molecular flexibility index (Phi) is 4.08. The van der Waals surface area contributed by atoms with Crippen molar-refractivity contribution < 1.29 is 0 Å². The van der Waals surface area contributed by atoms with Crippen LogP contribution in [-0.4, -0.2) is 23.5 Å². The minimum Gasteiger partial charge on any atom is -0.327 e. The Balaban J connectivity index is 2.00. The summed E-state index contributed by atoms with van der Waals surface area (Å²) in [6.07, 6.45) is 1.09. The topological polar surface area (TPSA) is 29.3 Å². The van der Waals surface area contributed by atoms with Gasteiger partial charge in [-0.2, -0.15) is 0 Å². The van der Waals surface area contributed by atoms with E-state index in [9.17, 15) is 0 Å². The summed E-state index contributed by atoms with van der Waals surface area (Å²) in [7, 11) is 0. The number of rotatable bonds is 2. The maximum absolute atomic E-state index is 6.10. The number of nitrogens with two attached hydrogens (primary N) is 1. The quantitative estimate of drug-likeness (QED) is 0.877. The highest BCUT2D eigenvalue weighted by atomic mass is 35.5. The molecule has 0 radical (unpaired) electrons. The number of benzene rings is 1. The van der Waals surface area contributed by atoms with Crippen molar-refractivity contribution in [1.29, 1.82) is 0 Å². The Morgan fingerprint density at radius 2 is 1.94 bits per heavy atom. The molecule has 0 aromatic heterocycles. The van der Waals surface area contributed by atoms with Gasteiger partial charge in [0.25, 0.3) is 0 Å². The van der Waals surface area contributed by atoms with Gasteiger partial charge in [-0.3, -0.25) is 4.90 Å². The third-order valence-corrected chi connectivity index (χ3v) is 4.04. The van der Waals surface area contributed by atoms with Crippen molar-refractivity contribution in [2.45, 2.75) is 38.9 Å². The third-order valence-electron chi connectivity index (χ3n) is 3.79. The second kappa shape index (κ2) is 5.38. The molecule has 3 heteroatoms. The van der Waals surface area contributed by atoms with Crippen LogP contribution in [0.25, 0.3) is 0 Å². The summed E-state index contributed by atoms with van der Waals surface area (Å²) in [6, 6.07) is 9.05. The fraction of sp³-hybridized carbons (Fsp3) is 0.571. The average molecular weight is 253 g/mol. The number of hydrogen-bond donors (Lipinski definition) is 1. The van der Waals surface area contributed by atoms with Gasteiger partial charge in [-0.15, -0.1) is 0 Å². The lowest BCUT2D eigenvalue weighted by Crippen LogP contribution is -2.50. The van der Waals surface area contributed by atoms with Crippen LogP contribution in [0.1, 0.15) is 25.8 Å². The van der Waals surface area contributed by atoms with Gasteiger partial charge in [-0.05, 0) is 37.0 Å². The monoisotopic (exact) mass is 252 g/mol. The molecule has 0 amide bonds. The molecule has 94 valence electrons. The first-order valence-corrected chi connectivity index (χ1v) is 6.68. The normalized spacial score (nSPS) is 30.5. The van der Waals surface area contributed by atoms with Gasteiger partial charge >= 0.3 is 0 Å². The molecule has 1 aliphatic heterocycles. The lowest BCUT2D eigenvalue weighted by atomic mass is 9.90. The fourth-order valence-corrected chi connectivity index (χ4v) is 2.63. The highest BCUT2D eigenvalue weighted by Gasteiger charge is 2.28. The van der Waals surface area contributed by atoms with Gasteiger partial charge in [0, 0.05) is 30.2 Å². The molecule has 1 aromatic rings. The first-order chi connectivity index (χ1) is 8.06. The van der Waals surface area contributed by atoms with Crippen LogP contribution in [-0.2, 0) is 6.54 Å². The predicted molar refractivity (Wildman–Crippen MR) is 73.1 cm³/mol. The van der Waals surface area contributed by atoms with Gasteiger partial charge in [-0.1, -0.05) is 30.7 Å². The van der Waals surface area contributed by atoms with E-state index in [1.807, 2.05) is 12.1 Å². The molecule has 0 bridgehead atoms. The molecule has 1 heterocycles. The second-order valence-electron chi connectivity index (χ2n) is 5.28. The molecule has 1 aliphatic rings. The summed E-state index contributed by atoms with van der Waals surface area (Å²) in [5.74, 6) is 0.582. The van der Waals surface area contributed by atoms with Crippen LogP contribution in [0.15, 0.2) is 24.3 Å². The average Bonchev–Trinajstić information content (AvgIpc) is 2.29. The minimum absolute atomic E-state index is 0.353. The zero-order valence-corrected chi connectivity index (χ0v) is 11.3. The van der Waals surface area contributed by atoms with Crippen molar-refractivity contribution in [3.05, 3.63) is 34.9 Å². The maximum Gasteiger partial charge on any atom is 0.0406 e. The van der Waals surface area contributed by atoms with Gasteiger partial charge in [0.1, 0.15) is 0 Å². The minimum atomic E-state index is 0.353. The van der Waals surface area contributed by atoms with Crippen LogP contribution in [0.3, 0.4) is 0 Å². The Labute approximate surface area is 109 Å². The standard InChI is InChI=1S/C14H21ClN2/c1-10-8-17(11(2)7-14(10)16)9-12-3-5-13(15)6-4-12/h3-6,10-11,14H,7-9,16H2,1-2H3/t10-,11+,14+/m1/s1. The van der Waals surface area contributed by atoms with Crippen LogP contribution in [0.5, 0.6) is 0 Å². The summed E-state index contributed by atoms with van der Waals surface area (Å²) in [6.45, 7) is 6.59. The van der Waals surface area contributed by atoms with E-state index in [1.165, 1.54) is 5.56 Å². The Morgan fingerprint density at radius 3 is 2.59 bits per heavy atom. The molecule has 2 nitrogen and oxygen atoms in total. The first-order valence-electron chi connectivity index (χ1n) is 6.30. The SMILES string of the molecule is C[C@@H]1CN(Cc2ccc(Cl)cc2)[C@@H](C)C[C@@H]1N. The largest absolute Gasteiger partial charge is 0.327 e. The Morgan fingerprint density at radius 1 is 1.29 bits per heavy atom. The first kappa shape index (κ1) is 12.9. The highest BCUT2D eigenvalue weighted by molar-refractivity contribution is 6.30. The Hall–Kier alpha value is -0.570. The van der Waals surface area contributed by atoms with Gasteiger partial charge < -0.3 is 5.73 Å². The zero-order valence-electron chi connectivity index (χ0n) is 10.6. The van der Waals surface area contributed by atoms with Gasteiger partial charge in [0.15, 0.2) is 0 Å². The van der Waals surface area contributed by atoms with Crippen molar-refractivity contribution in [3.8, 4) is 0 Å². The van der Waals surface area contributed by atoms with E-state index in [0.29, 0.717) is 18.0 Å². The molecule has 1 saturated heterocycles. The lowest BCUT2D eigenvalue weighted by molar-refractivity contribution is 0.102. The lowest BCUT2D eigenvalue weighted by Gasteiger charge is -2.40. The molecule has 1 aromatic carbocycles. The summed E-state index contributed by atoms with van der Waals surface area (Å²) in [5, 5.41) is 0.802. The fourth-order valence-electron chi connectivity index (χ4n) is 2.51. The van der Waals surface area contributed by atoms with E-state index in [1.54, 1.807) is 0 Å². The van der Waals surface area contributed by atoms with E-state index < -0.39 is 0 Å². The van der Waals surface area contributed by atoms with Crippen LogP contribution in [0, 0.1) is 5.92 Å². The summed E-state index contributed by atoms with van der Waals surface area (Å²) in [5.41, 5.74) is 7.42. The second-order valence-corrected chi connectivity index (χ2v) is 5.72. The van der Waals surface area contributed by atoms with Crippen LogP contribution in [0.2, 0.25) is 5.02 Å². The molecule has 2 N–H and O–H groups in total. The van der Waals surface area contributed by atoms with Crippen molar-refractivity contribution in [3.63, 3.8) is 0 Å². The van der Waals surface area contributed by atoms with Crippen LogP contribution in [0.4, 0.5) is 0 Å². The molecule has 0 aliphatic carbocycles. The van der Waals surface area contributed by atoms with Crippen molar-refractivity contribution >= 4 is 11.6 Å². The number of hydrogen-bond acceptors (Lipinski definition) is 2. The van der Waals surface area contributed by atoms with Crippen molar-refractivity contribution in [2.75, 3.05) is 6.54 Å². The van der Waals surface area contributed by atoms with E-state index >= 15 is 0 Å². The molecular weight excluding hydrogens is 232 g/mol. The van der Waals surface area contributed by atoms with E-state index in [0.717, 1.165) is 24.5 Å². The number of halogens is 1. The van der Waals surface area contributed by atoms with Crippen molar-refractivity contribution in [2.24, 2.45) is 11.7 Å². The van der Waals surface area contributed by atoms with Crippen LogP contribution < -0.4 is 5.73 Å². The van der Waals surface area contributed by atoms with Gasteiger partial charge in [-0.25, -0.2) is 0 Å². The molecule has 3 atom stereocenters. The molecule has 2 rings (SSSR count). The zero-order chi connectivity index (χ0) is 12.4.